The van der Waals surface area contributed by atoms with Gasteiger partial charge in [0.25, 0.3) is 0 Å². The Morgan fingerprint density at radius 2 is 2.07 bits per heavy atom. The van der Waals surface area contributed by atoms with Gasteiger partial charge in [0, 0.05) is 18.7 Å². The molecule has 0 amide bonds. The minimum Gasteiger partial charge on any atom is -0.495 e. The van der Waals surface area contributed by atoms with Crippen LogP contribution in [0.3, 0.4) is 0 Å². The van der Waals surface area contributed by atoms with Crippen molar-refractivity contribution in [2.24, 2.45) is 5.92 Å². The van der Waals surface area contributed by atoms with Crippen LogP contribution in [0.2, 0.25) is 0 Å². The van der Waals surface area contributed by atoms with Crippen molar-refractivity contribution in [2.45, 2.75) is 45.1 Å². The monoisotopic (exact) mass is 375 g/mol. The summed E-state index contributed by atoms with van der Waals surface area (Å²) in [5, 5.41) is 4.71. The standard InChI is InChI=1S/C22H25N5O/c1-15-13-26(14-23-15)19-9-5-16(12-20(19)28-2)6-10-21-24-22-18(17-7-8-17)4-3-11-27(22)25-21/h5-6,9-10,12-14,17-18H,3-4,7-8,11H2,1-2H3/b10-6+. The van der Waals surface area contributed by atoms with Crippen LogP contribution in [0.25, 0.3) is 17.8 Å². The van der Waals surface area contributed by atoms with Crippen LogP contribution in [0.15, 0.2) is 30.7 Å². The first-order valence-electron chi connectivity index (χ1n) is 10.0. The van der Waals surface area contributed by atoms with Crippen molar-refractivity contribution in [2.75, 3.05) is 7.11 Å². The first kappa shape index (κ1) is 17.2. The van der Waals surface area contributed by atoms with Crippen molar-refractivity contribution in [3.63, 3.8) is 0 Å². The van der Waals surface area contributed by atoms with Gasteiger partial charge < -0.3 is 9.30 Å². The highest BCUT2D eigenvalue weighted by atomic mass is 16.5. The highest BCUT2D eigenvalue weighted by Gasteiger charge is 2.37. The Morgan fingerprint density at radius 1 is 1.18 bits per heavy atom. The number of nitrogens with zero attached hydrogens (tertiary/aromatic N) is 5. The summed E-state index contributed by atoms with van der Waals surface area (Å²) in [6.45, 7) is 2.97. The highest BCUT2D eigenvalue weighted by molar-refractivity contribution is 5.69. The second-order valence-corrected chi connectivity index (χ2v) is 7.82. The number of benzene rings is 1. The third kappa shape index (κ3) is 3.23. The summed E-state index contributed by atoms with van der Waals surface area (Å²) in [7, 11) is 1.69. The number of aryl methyl sites for hydroxylation is 2. The quantitative estimate of drug-likeness (QED) is 0.669. The summed E-state index contributed by atoms with van der Waals surface area (Å²) in [5.74, 6) is 4.25. The van der Waals surface area contributed by atoms with Gasteiger partial charge in [-0.05, 0) is 62.3 Å². The molecule has 3 aromatic rings. The number of aromatic nitrogens is 5. The summed E-state index contributed by atoms with van der Waals surface area (Å²) in [4.78, 5) is 9.14. The largest absolute Gasteiger partial charge is 0.495 e. The maximum absolute atomic E-state index is 5.60. The van der Waals surface area contributed by atoms with E-state index in [0.717, 1.165) is 41.0 Å². The van der Waals surface area contributed by atoms with Crippen LogP contribution in [-0.4, -0.2) is 31.4 Å². The van der Waals surface area contributed by atoms with Crippen molar-refractivity contribution >= 4 is 12.2 Å². The van der Waals surface area contributed by atoms with E-state index in [0.29, 0.717) is 5.92 Å². The van der Waals surface area contributed by atoms with E-state index in [1.807, 2.05) is 35.9 Å². The minimum absolute atomic E-state index is 0.612. The third-order valence-corrected chi connectivity index (χ3v) is 5.74. The van der Waals surface area contributed by atoms with Gasteiger partial charge >= 0.3 is 0 Å². The third-order valence-electron chi connectivity index (χ3n) is 5.74. The Kier molecular flexibility index (Phi) is 4.26. The van der Waals surface area contributed by atoms with E-state index >= 15 is 0 Å². The minimum atomic E-state index is 0.612. The first-order chi connectivity index (χ1) is 13.7. The Bertz CT molecular complexity index is 1030. The molecule has 1 saturated carbocycles. The average Bonchev–Trinajstić information content (AvgIpc) is 3.33. The maximum atomic E-state index is 5.60. The zero-order valence-electron chi connectivity index (χ0n) is 16.4. The molecule has 6 heteroatoms. The van der Waals surface area contributed by atoms with Gasteiger partial charge in [0.05, 0.1) is 24.8 Å². The molecule has 144 valence electrons. The van der Waals surface area contributed by atoms with E-state index in [-0.39, 0.29) is 0 Å². The normalized spacial score (nSPS) is 19.1. The zero-order valence-corrected chi connectivity index (χ0v) is 16.4. The Morgan fingerprint density at radius 3 is 2.82 bits per heavy atom. The van der Waals surface area contributed by atoms with Gasteiger partial charge in [-0.15, -0.1) is 0 Å². The van der Waals surface area contributed by atoms with Crippen molar-refractivity contribution in [1.29, 1.82) is 0 Å². The lowest BCUT2D eigenvalue weighted by atomic mass is 9.94. The Labute approximate surface area is 164 Å². The van der Waals surface area contributed by atoms with Gasteiger partial charge in [-0.1, -0.05) is 12.1 Å². The fourth-order valence-electron chi connectivity index (χ4n) is 4.15. The van der Waals surface area contributed by atoms with Crippen LogP contribution in [0, 0.1) is 12.8 Å². The molecule has 6 nitrogen and oxygen atoms in total. The number of rotatable bonds is 5. The molecule has 1 unspecified atom stereocenters. The molecule has 0 bridgehead atoms. The topological polar surface area (TPSA) is 57.8 Å². The van der Waals surface area contributed by atoms with Crippen molar-refractivity contribution < 1.29 is 4.74 Å². The van der Waals surface area contributed by atoms with E-state index in [9.17, 15) is 0 Å². The molecular weight excluding hydrogens is 350 g/mol. The summed E-state index contributed by atoms with van der Waals surface area (Å²) in [6.07, 6.45) is 13.0. The number of hydrogen-bond acceptors (Lipinski definition) is 4. The first-order valence-corrected chi connectivity index (χ1v) is 10.0. The summed E-state index contributed by atoms with van der Waals surface area (Å²) >= 11 is 0. The number of hydrogen-bond donors (Lipinski definition) is 0. The van der Waals surface area contributed by atoms with E-state index < -0.39 is 0 Å². The lowest BCUT2D eigenvalue weighted by molar-refractivity contribution is 0.389. The van der Waals surface area contributed by atoms with Crippen LogP contribution < -0.4 is 4.74 Å². The predicted molar refractivity (Wildman–Crippen MR) is 109 cm³/mol. The Balaban J connectivity index is 1.39. The molecule has 1 aliphatic heterocycles. The summed E-state index contributed by atoms with van der Waals surface area (Å²) in [6, 6.07) is 6.16. The van der Waals surface area contributed by atoms with Crippen molar-refractivity contribution in [3.05, 3.63) is 53.6 Å². The summed E-state index contributed by atoms with van der Waals surface area (Å²) < 4.78 is 9.70. The van der Waals surface area contributed by atoms with Crippen LogP contribution in [0.4, 0.5) is 0 Å². The lowest BCUT2D eigenvalue weighted by Gasteiger charge is -2.21. The molecule has 0 N–H and O–H groups in total. The fraction of sp³-hybridized carbons (Fsp3) is 0.409. The van der Waals surface area contributed by atoms with E-state index in [1.165, 1.54) is 31.5 Å². The molecule has 2 aromatic heterocycles. The molecule has 0 spiro atoms. The molecule has 28 heavy (non-hydrogen) atoms. The molecule has 1 fully saturated rings. The van der Waals surface area contributed by atoms with Gasteiger partial charge in [0.2, 0.25) is 0 Å². The van der Waals surface area contributed by atoms with Gasteiger partial charge in [0.15, 0.2) is 5.82 Å². The van der Waals surface area contributed by atoms with Gasteiger partial charge in [-0.2, -0.15) is 5.10 Å². The second-order valence-electron chi connectivity index (χ2n) is 7.82. The van der Waals surface area contributed by atoms with Gasteiger partial charge in [-0.25, -0.2) is 14.6 Å². The second kappa shape index (κ2) is 6.93. The van der Waals surface area contributed by atoms with Crippen LogP contribution in [0.5, 0.6) is 5.75 Å². The van der Waals surface area contributed by atoms with Crippen LogP contribution in [-0.2, 0) is 6.54 Å². The molecule has 0 saturated heterocycles. The van der Waals surface area contributed by atoms with Crippen molar-refractivity contribution in [1.82, 2.24) is 24.3 Å². The molecule has 5 rings (SSSR count). The molecule has 1 aromatic carbocycles. The lowest BCUT2D eigenvalue weighted by Crippen LogP contribution is -2.18. The van der Waals surface area contributed by atoms with Crippen LogP contribution in [0.1, 0.15) is 54.5 Å². The zero-order chi connectivity index (χ0) is 19.1. The Hall–Kier alpha value is -2.89. The number of fused-ring (bicyclic) bond motifs is 1. The van der Waals surface area contributed by atoms with Crippen molar-refractivity contribution in [3.8, 4) is 11.4 Å². The molecule has 0 radical (unpaired) electrons. The molecule has 2 aliphatic rings. The molecule has 3 heterocycles. The van der Waals surface area contributed by atoms with E-state index in [4.69, 9.17) is 14.8 Å². The molecule has 1 atom stereocenters. The summed E-state index contributed by atoms with van der Waals surface area (Å²) in [5.41, 5.74) is 3.01. The smallest absolute Gasteiger partial charge is 0.174 e. The highest BCUT2D eigenvalue weighted by Crippen LogP contribution is 2.46. The van der Waals surface area contributed by atoms with E-state index in [1.54, 1.807) is 13.4 Å². The van der Waals surface area contributed by atoms with Crippen LogP contribution >= 0.6 is 0 Å². The average molecular weight is 375 g/mol. The van der Waals surface area contributed by atoms with E-state index in [2.05, 4.69) is 21.8 Å². The van der Waals surface area contributed by atoms with Gasteiger partial charge in [-0.3, -0.25) is 0 Å². The number of imidazole rings is 1. The molecule has 1 aliphatic carbocycles. The van der Waals surface area contributed by atoms with Gasteiger partial charge in [0.1, 0.15) is 11.6 Å². The predicted octanol–water partition coefficient (Wildman–Crippen LogP) is 4.24. The maximum Gasteiger partial charge on any atom is 0.174 e. The number of methoxy groups -OCH3 is 1. The molecular formula is C22H25N5O. The SMILES string of the molecule is COc1cc(/C=C/c2nc3n(n2)CCCC3C2CC2)ccc1-n1cnc(C)c1. The number of ether oxygens (including phenoxy) is 1. The fourth-order valence-corrected chi connectivity index (χ4v) is 4.15.